The molecule has 2 aromatic rings. The smallest absolute Gasteiger partial charge is 0.220 e. The first-order valence-electron chi connectivity index (χ1n) is 9.49. The van der Waals surface area contributed by atoms with Crippen molar-refractivity contribution in [2.24, 2.45) is 4.99 Å². The molecule has 0 unspecified atom stereocenters. The summed E-state index contributed by atoms with van der Waals surface area (Å²) in [5.41, 5.74) is 0.430. The van der Waals surface area contributed by atoms with Crippen molar-refractivity contribution in [3.8, 4) is 0 Å². The normalized spacial score (nSPS) is 16.5. The fourth-order valence-electron chi connectivity index (χ4n) is 3.04. The molecule has 0 bridgehead atoms. The minimum Gasteiger partial charge on any atom is -0.364 e. The lowest BCUT2D eigenvalue weighted by Gasteiger charge is -2.35. The van der Waals surface area contributed by atoms with Gasteiger partial charge in [0.25, 0.3) is 0 Å². The van der Waals surface area contributed by atoms with E-state index in [-0.39, 0.29) is 5.75 Å². The number of nitrogens with zero attached hydrogens (tertiary/aromatic N) is 4. The van der Waals surface area contributed by atoms with Crippen molar-refractivity contribution in [1.29, 1.82) is 0 Å². The zero-order chi connectivity index (χ0) is 20.0. The summed E-state index contributed by atoms with van der Waals surface area (Å²) in [6, 6.07) is 5.87. The van der Waals surface area contributed by atoms with Crippen LogP contribution in [0.15, 0.2) is 34.0 Å². The van der Waals surface area contributed by atoms with E-state index in [1.165, 1.54) is 20.3 Å². The van der Waals surface area contributed by atoms with Gasteiger partial charge in [-0.2, -0.15) is 4.31 Å². The number of aryl methyl sites for hydroxylation is 1. The minimum atomic E-state index is -3.40. The van der Waals surface area contributed by atoms with Gasteiger partial charge in [-0.3, -0.25) is 0 Å². The van der Waals surface area contributed by atoms with Crippen molar-refractivity contribution in [3.05, 3.63) is 39.9 Å². The van der Waals surface area contributed by atoms with E-state index >= 15 is 0 Å². The quantitative estimate of drug-likeness (QED) is 0.538. The summed E-state index contributed by atoms with van der Waals surface area (Å²) in [7, 11) is -3.40. The van der Waals surface area contributed by atoms with E-state index in [9.17, 15) is 8.42 Å². The van der Waals surface area contributed by atoms with Gasteiger partial charge in [0.1, 0.15) is 12.0 Å². The van der Waals surface area contributed by atoms with Crippen LogP contribution in [0.4, 0.5) is 0 Å². The molecule has 0 aromatic carbocycles. The number of guanidine groups is 1. The molecule has 0 radical (unpaired) electrons. The van der Waals surface area contributed by atoms with Gasteiger partial charge in [0.05, 0.1) is 12.2 Å². The number of rotatable bonds is 7. The van der Waals surface area contributed by atoms with Crippen molar-refractivity contribution >= 4 is 27.3 Å². The van der Waals surface area contributed by atoms with Crippen LogP contribution >= 0.6 is 11.3 Å². The Morgan fingerprint density at radius 2 is 1.96 bits per heavy atom. The first-order valence-corrected chi connectivity index (χ1v) is 11.9. The Morgan fingerprint density at radius 1 is 1.21 bits per heavy atom. The lowest BCUT2D eigenvalue weighted by atomic mass is 10.3. The second kappa shape index (κ2) is 9.53. The first-order chi connectivity index (χ1) is 13.5. The van der Waals surface area contributed by atoms with Crippen LogP contribution in [0, 0.1) is 0 Å². The second-order valence-corrected chi connectivity index (χ2v) is 9.75. The Balaban J connectivity index is 1.59. The molecule has 1 aliphatic rings. The number of nitrogens with one attached hydrogen (secondary N) is 1. The molecule has 0 atom stereocenters. The van der Waals surface area contributed by atoms with Crippen molar-refractivity contribution in [2.45, 2.75) is 32.6 Å². The van der Waals surface area contributed by atoms with Gasteiger partial charge in [0.15, 0.2) is 5.96 Å². The molecule has 8 nitrogen and oxygen atoms in total. The molecule has 10 heteroatoms. The number of sulfonamides is 1. The van der Waals surface area contributed by atoms with E-state index in [0.29, 0.717) is 38.4 Å². The molecule has 1 aliphatic heterocycles. The monoisotopic (exact) mass is 425 g/mol. The molecule has 0 amide bonds. The zero-order valence-electron chi connectivity index (χ0n) is 16.3. The predicted molar refractivity (Wildman–Crippen MR) is 111 cm³/mol. The summed E-state index contributed by atoms with van der Waals surface area (Å²) in [4.78, 5) is 9.48. The highest BCUT2D eigenvalue weighted by molar-refractivity contribution is 7.88. The van der Waals surface area contributed by atoms with Crippen molar-refractivity contribution in [2.75, 3.05) is 32.7 Å². The Morgan fingerprint density at radius 3 is 2.57 bits per heavy atom. The summed E-state index contributed by atoms with van der Waals surface area (Å²) < 4.78 is 31.4. The lowest BCUT2D eigenvalue weighted by Crippen LogP contribution is -2.53. The van der Waals surface area contributed by atoms with Crippen LogP contribution in [-0.2, 0) is 28.7 Å². The molecule has 3 heterocycles. The van der Waals surface area contributed by atoms with E-state index < -0.39 is 10.0 Å². The van der Waals surface area contributed by atoms with E-state index in [2.05, 4.69) is 34.4 Å². The number of hydrogen-bond donors (Lipinski definition) is 1. The van der Waals surface area contributed by atoms with Crippen LogP contribution in [0.1, 0.15) is 29.3 Å². The highest BCUT2D eigenvalue weighted by Crippen LogP contribution is 2.18. The van der Waals surface area contributed by atoms with Crippen LogP contribution < -0.4 is 5.32 Å². The molecule has 154 valence electrons. The van der Waals surface area contributed by atoms with Gasteiger partial charge < -0.3 is 14.7 Å². The van der Waals surface area contributed by atoms with E-state index in [0.717, 1.165) is 18.9 Å². The highest BCUT2D eigenvalue weighted by Gasteiger charge is 2.29. The molecule has 1 saturated heterocycles. The molecular formula is C18H27N5O3S2. The zero-order valence-corrected chi connectivity index (χ0v) is 17.9. The Labute approximate surface area is 170 Å². The second-order valence-electron chi connectivity index (χ2n) is 6.52. The number of hydrogen-bond acceptors (Lipinski definition) is 6. The van der Waals surface area contributed by atoms with Gasteiger partial charge in [0.2, 0.25) is 10.0 Å². The first kappa shape index (κ1) is 20.8. The van der Waals surface area contributed by atoms with Crippen LogP contribution in [0.25, 0.3) is 0 Å². The molecule has 3 rings (SSSR count). The largest absolute Gasteiger partial charge is 0.364 e. The van der Waals surface area contributed by atoms with Crippen molar-refractivity contribution in [1.82, 2.24) is 19.7 Å². The molecule has 0 aliphatic carbocycles. The fourth-order valence-corrected chi connectivity index (χ4v) is 5.35. The maximum absolute atomic E-state index is 12.6. The molecule has 0 spiro atoms. The van der Waals surface area contributed by atoms with Gasteiger partial charge in [-0.15, -0.1) is 11.3 Å². The number of aromatic nitrogens is 1. The lowest BCUT2D eigenvalue weighted by molar-refractivity contribution is 0.259. The number of piperazine rings is 1. The van der Waals surface area contributed by atoms with Gasteiger partial charge in [-0.25, -0.2) is 13.4 Å². The number of thiophene rings is 1. The number of aliphatic imine (C=N–C) groups is 1. The van der Waals surface area contributed by atoms with Crippen molar-refractivity contribution in [3.63, 3.8) is 0 Å². The summed E-state index contributed by atoms with van der Waals surface area (Å²) in [5, 5.41) is 7.03. The molecule has 1 N–H and O–H groups in total. The van der Waals surface area contributed by atoms with Gasteiger partial charge >= 0.3 is 0 Å². The van der Waals surface area contributed by atoms with E-state index in [4.69, 9.17) is 9.52 Å². The molecule has 2 aromatic heterocycles. The van der Waals surface area contributed by atoms with Gasteiger partial charge in [0, 0.05) is 48.5 Å². The highest BCUT2D eigenvalue weighted by atomic mass is 32.2. The third-order valence-electron chi connectivity index (χ3n) is 4.54. The maximum atomic E-state index is 12.6. The predicted octanol–water partition coefficient (Wildman–Crippen LogP) is 1.91. The van der Waals surface area contributed by atoms with Crippen LogP contribution in [0.5, 0.6) is 0 Å². The molecular weight excluding hydrogens is 398 g/mol. The van der Waals surface area contributed by atoms with E-state index in [1.54, 1.807) is 17.4 Å². The van der Waals surface area contributed by atoms with Crippen LogP contribution in [0.3, 0.4) is 0 Å². The van der Waals surface area contributed by atoms with E-state index in [1.807, 2.05) is 6.92 Å². The average molecular weight is 426 g/mol. The third kappa shape index (κ3) is 5.33. The molecule has 28 heavy (non-hydrogen) atoms. The minimum absolute atomic E-state index is 0.129. The Bertz CT molecular complexity index is 869. The van der Waals surface area contributed by atoms with Gasteiger partial charge in [-0.05, 0) is 25.5 Å². The summed E-state index contributed by atoms with van der Waals surface area (Å²) in [5.74, 6) is 0.706. The Hall–Kier alpha value is -1.91. The Kier molecular flexibility index (Phi) is 7.08. The molecule has 0 saturated carbocycles. The SMILES string of the molecule is CCNC(=NCc1ccc(CC)s1)N1CCN(S(=O)(=O)Cc2ccon2)CC1. The van der Waals surface area contributed by atoms with Gasteiger partial charge in [-0.1, -0.05) is 12.1 Å². The summed E-state index contributed by atoms with van der Waals surface area (Å²) >= 11 is 1.79. The maximum Gasteiger partial charge on any atom is 0.220 e. The topological polar surface area (TPSA) is 91.0 Å². The van der Waals surface area contributed by atoms with Crippen molar-refractivity contribution < 1.29 is 12.9 Å². The standard InChI is InChI=1S/C18H27N5O3S2/c1-3-16-5-6-17(27-16)13-20-18(19-4-2)22-8-10-23(11-9-22)28(24,25)14-15-7-12-26-21-15/h5-7,12H,3-4,8-11,13-14H2,1-2H3,(H,19,20). The average Bonchev–Trinajstić information content (AvgIpc) is 3.36. The third-order valence-corrected chi connectivity index (χ3v) is 7.57. The van der Waals surface area contributed by atoms with Crippen LogP contribution in [-0.4, -0.2) is 61.5 Å². The molecule has 1 fully saturated rings. The fraction of sp³-hybridized carbons (Fsp3) is 0.556. The summed E-state index contributed by atoms with van der Waals surface area (Å²) in [6.45, 7) is 7.68. The van der Waals surface area contributed by atoms with Crippen LogP contribution in [0.2, 0.25) is 0 Å². The summed E-state index contributed by atoms with van der Waals surface area (Å²) in [6.07, 6.45) is 2.43.